The number of benzene rings is 2. The van der Waals surface area contributed by atoms with Crippen LogP contribution in [0.4, 0.5) is 4.79 Å². The van der Waals surface area contributed by atoms with Crippen molar-refractivity contribution in [3.63, 3.8) is 0 Å². The third kappa shape index (κ3) is 7.66. The number of hydrogen-bond donors (Lipinski definition) is 1. The molecule has 6 nitrogen and oxygen atoms in total. The molecule has 2 aromatic carbocycles. The van der Waals surface area contributed by atoms with E-state index in [2.05, 4.69) is 5.32 Å². The fourth-order valence-corrected chi connectivity index (χ4v) is 5.96. The molecule has 0 radical (unpaired) electrons. The summed E-state index contributed by atoms with van der Waals surface area (Å²) >= 11 is 0. The Balaban J connectivity index is 1.61. The minimum Gasteiger partial charge on any atom is -0.444 e. The molecular formula is C28H37NO5S. The summed E-state index contributed by atoms with van der Waals surface area (Å²) in [6, 6.07) is 13.6. The van der Waals surface area contributed by atoms with Gasteiger partial charge in [0.2, 0.25) is 9.84 Å². The van der Waals surface area contributed by atoms with Crippen LogP contribution in [0, 0.1) is 6.92 Å². The van der Waals surface area contributed by atoms with Gasteiger partial charge in [0.1, 0.15) is 11.4 Å². The first kappa shape index (κ1) is 26.9. The van der Waals surface area contributed by atoms with Gasteiger partial charge in [-0.3, -0.25) is 4.79 Å². The number of rotatable bonds is 8. The molecule has 0 spiro atoms. The van der Waals surface area contributed by atoms with E-state index in [1.54, 1.807) is 42.5 Å². The summed E-state index contributed by atoms with van der Waals surface area (Å²) in [5.74, 6) is 0.0828. The number of carbonyl (C=O) groups is 2. The quantitative estimate of drug-likeness (QED) is 0.485. The Morgan fingerprint density at radius 1 is 0.971 bits per heavy atom. The van der Waals surface area contributed by atoms with E-state index in [1.165, 1.54) is 0 Å². The molecular weight excluding hydrogens is 462 g/mol. The average molecular weight is 500 g/mol. The third-order valence-corrected chi connectivity index (χ3v) is 8.11. The largest absolute Gasteiger partial charge is 0.444 e. The Morgan fingerprint density at radius 3 is 2.23 bits per heavy atom. The van der Waals surface area contributed by atoms with E-state index >= 15 is 0 Å². The highest BCUT2D eigenvalue weighted by Gasteiger charge is 2.36. The fraction of sp³-hybridized carbons (Fsp3) is 0.500. The zero-order chi connectivity index (χ0) is 25.7. The molecule has 1 amide bonds. The van der Waals surface area contributed by atoms with E-state index < -0.39 is 27.1 Å². The van der Waals surface area contributed by atoms with Gasteiger partial charge in [-0.05, 0) is 82.3 Å². The van der Waals surface area contributed by atoms with Gasteiger partial charge < -0.3 is 10.1 Å². The van der Waals surface area contributed by atoms with E-state index in [0.717, 1.165) is 43.2 Å². The van der Waals surface area contributed by atoms with Crippen LogP contribution in [0.3, 0.4) is 0 Å². The molecule has 0 aromatic heterocycles. The first-order chi connectivity index (χ1) is 16.4. The van der Waals surface area contributed by atoms with Crippen LogP contribution in [0.2, 0.25) is 0 Å². The lowest BCUT2D eigenvalue weighted by molar-refractivity contribution is -0.120. The number of carbonyl (C=O) groups excluding carboxylic acids is 2. The van der Waals surface area contributed by atoms with Crippen LogP contribution in [0.25, 0.3) is 0 Å². The molecule has 1 fully saturated rings. The number of nitrogens with one attached hydrogen (secondary N) is 1. The summed E-state index contributed by atoms with van der Waals surface area (Å²) in [7, 11) is -3.58. The molecule has 7 heteroatoms. The second kappa shape index (κ2) is 10.9. The Hall–Kier alpha value is -2.67. The number of aryl methyl sites for hydroxylation is 2. The third-order valence-electron chi connectivity index (χ3n) is 6.34. The molecule has 0 saturated heterocycles. The van der Waals surface area contributed by atoms with Crippen LogP contribution < -0.4 is 5.32 Å². The first-order valence-corrected chi connectivity index (χ1v) is 13.8. The minimum absolute atomic E-state index is 0.0828. The van der Waals surface area contributed by atoms with E-state index in [1.807, 2.05) is 33.8 Å². The van der Waals surface area contributed by atoms with Crippen molar-refractivity contribution < 1.29 is 22.7 Å². The zero-order valence-corrected chi connectivity index (χ0v) is 22.0. The van der Waals surface area contributed by atoms with Crippen molar-refractivity contribution >= 4 is 21.7 Å². The highest BCUT2D eigenvalue weighted by molar-refractivity contribution is 7.91. The molecule has 0 unspecified atom stereocenters. The van der Waals surface area contributed by atoms with Crippen LogP contribution in [0.5, 0.6) is 0 Å². The maximum absolute atomic E-state index is 12.9. The first-order valence-electron chi connectivity index (χ1n) is 12.3. The Bertz CT molecular complexity index is 1140. The SMILES string of the molecule is Cc1cccc(S(=O)(=O)c2ccc(CCC(=O)CC3(NC(=O)OC(C)(C)C)CCCCC3)cc2)c1. The molecule has 1 aliphatic rings. The molecule has 0 aliphatic heterocycles. The van der Waals surface area contributed by atoms with Crippen molar-refractivity contribution in [1.29, 1.82) is 0 Å². The fourth-order valence-electron chi connectivity index (χ4n) is 4.60. The van der Waals surface area contributed by atoms with E-state index in [9.17, 15) is 18.0 Å². The highest BCUT2D eigenvalue weighted by atomic mass is 32.2. The van der Waals surface area contributed by atoms with E-state index in [-0.39, 0.29) is 22.0 Å². The van der Waals surface area contributed by atoms with Gasteiger partial charge >= 0.3 is 6.09 Å². The summed E-state index contributed by atoms with van der Waals surface area (Å²) < 4.78 is 31.2. The number of sulfone groups is 1. The van der Waals surface area contributed by atoms with Crippen LogP contribution >= 0.6 is 0 Å². The average Bonchev–Trinajstić information content (AvgIpc) is 2.77. The maximum atomic E-state index is 12.9. The number of hydrogen-bond acceptors (Lipinski definition) is 5. The number of ketones is 1. The predicted molar refractivity (Wildman–Crippen MR) is 136 cm³/mol. The molecule has 0 heterocycles. The van der Waals surface area contributed by atoms with Crippen molar-refractivity contribution in [2.24, 2.45) is 0 Å². The molecule has 0 atom stereocenters. The smallest absolute Gasteiger partial charge is 0.408 e. The van der Waals surface area contributed by atoms with Crippen molar-refractivity contribution in [2.45, 2.75) is 100.0 Å². The number of amides is 1. The lowest BCUT2D eigenvalue weighted by Crippen LogP contribution is -2.52. The second-order valence-electron chi connectivity index (χ2n) is 10.6. The number of Topliss-reactive ketones (excluding diaryl/α,β-unsaturated/α-hetero) is 1. The van der Waals surface area contributed by atoms with Gasteiger partial charge in [0.05, 0.1) is 15.3 Å². The summed E-state index contributed by atoms with van der Waals surface area (Å²) in [6.45, 7) is 7.33. The van der Waals surface area contributed by atoms with Gasteiger partial charge in [0, 0.05) is 12.8 Å². The van der Waals surface area contributed by atoms with Gasteiger partial charge in [-0.1, -0.05) is 43.5 Å². The van der Waals surface area contributed by atoms with Gasteiger partial charge in [-0.25, -0.2) is 13.2 Å². The molecule has 190 valence electrons. The van der Waals surface area contributed by atoms with Gasteiger partial charge in [0.15, 0.2) is 0 Å². The van der Waals surface area contributed by atoms with Crippen molar-refractivity contribution in [1.82, 2.24) is 5.32 Å². The lowest BCUT2D eigenvalue weighted by Gasteiger charge is -2.38. The van der Waals surface area contributed by atoms with Crippen molar-refractivity contribution in [3.8, 4) is 0 Å². The van der Waals surface area contributed by atoms with Crippen molar-refractivity contribution in [3.05, 3.63) is 59.7 Å². The Kier molecular flexibility index (Phi) is 8.42. The van der Waals surface area contributed by atoms with Gasteiger partial charge in [-0.2, -0.15) is 0 Å². The van der Waals surface area contributed by atoms with Crippen LogP contribution in [0.15, 0.2) is 58.3 Å². The summed E-state index contributed by atoms with van der Waals surface area (Å²) in [4.78, 5) is 25.9. The molecule has 3 rings (SSSR count). The van der Waals surface area contributed by atoms with E-state index in [4.69, 9.17) is 4.74 Å². The molecule has 0 bridgehead atoms. The summed E-state index contributed by atoms with van der Waals surface area (Å²) in [5, 5.41) is 3.01. The lowest BCUT2D eigenvalue weighted by atomic mass is 9.77. The van der Waals surface area contributed by atoms with Crippen LogP contribution in [-0.4, -0.2) is 31.4 Å². The van der Waals surface area contributed by atoms with Gasteiger partial charge in [0.25, 0.3) is 0 Å². The zero-order valence-electron chi connectivity index (χ0n) is 21.2. The normalized spacial score (nSPS) is 15.9. The van der Waals surface area contributed by atoms with Crippen LogP contribution in [-0.2, 0) is 25.8 Å². The maximum Gasteiger partial charge on any atom is 0.408 e. The van der Waals surface area contributed by atoms with Crippen LogP contribution in [0.1, 0.15) is 76.8 Å². The highest BCUT2D eigenvalue weighted by Crippen LogP contribution is 2.32. The topological polar surface area (TPSA) is 89.5 Å². The number of alkyl carbamates (subject to hydrolysis) is 1. The second-order valence-corrected chi connectivity index (χ2v) is 12.6. The minimum atomic E-state index is -3.58. The van der Waals surface area contributed by atoms with Crippen molar-refractivity contribution in [2.75, 3.05) is 0 Å². The standard InChI is InChI=1S/C28H37NO5S/c1-21-9-8-10-25(19-21)35(32,33)24-15-12-22(13-16-24)11-14-23(30)20-28(17-6-5-7-18-28)29-26(31)34-27(2,3)4/h8-10,12-13,15-16,19H,5-7,11,14,17-18,20H2,1-4H3,(H,29,31). The predicted octanol–water partition coefficient (Wildman–Crippen LogP) is 5.95. The molecule has 2 aromatic rings. The Morgan fingerprint density at radius 2 is 1.63 bits per heavy atom. The molecule has 1 saturated carbocycles. The molecule has 1 aliphatic carbocycles. The summed E-state index contributed by atoms with van der Waals surface area (Å²) in [5.41, 5.74) is 0.643. The molecule has 1 N–H and O–H groups in total. The van der Waals surface area contributed by atoms with Gasteiger partial charge in [-0.15, -0.1) is 0 Å². The number of ether oxygens (including phenoxy) is 1. The summed E-state index contributed by atoms with van der Waals surface area (Å²) in [6.07, 6.45) is 5.24. The molecule has 35 heavy (non-hydrogen) atoms. The monoisotopic (exact) mass is 499 g/mol. The Labute approximate surface area is 209 Å². The van der Waals surface area contributed by atoms with E-state index in [0.29, 0.717) is 12.8 Å².